The van der Waals surface area contributed by atoms with Crippen molar-refractivity contribution in [3.63, 3.8) is 0 Å². The van der Waals surface area contributed by atoms with Crippen LogP contribution in [0.25, 0.3) is 6.08 Å². The highest BCUT2D eigenvalue weighted by molar-refractivity contribution is 7.80. The zero-order valence-electron chi connectivity index (χ0n) is 14.4. The van der Waals surface area contributed by atoms with E-state index >= 15 is 0 Å². The van der Waals surface area contributed by atoms with E-state index in [1.54, 1.807) is 12.0 Å². The Morgan fingerprint density at radius 3 is 2.65 bits per heavy atom. The molecule has 5 heteroatoms. The SMILES string of the molecule is CCCN1C(=O)/C(=C/c2cc(C(C)C)c(OC)cc2C)NC1=S. The van der Waals surface area contributed by atoms with Crippen LogP contribution in [-0.2, 0) is 4.79 Å². The van der Waals surface area contributed by atoms with Gasteiger partial charge < -0.3 is 10.1 Å². The smallest absolute Gasteiger partial charge is 0.276 e. The zero-order chi connectivity index (χ0) is 17.1. The van der Waals surface area contributed by atoms with Gasteiger partial charge in [-0.1, -0.05) is 20.8 Å². The number of rotatable bonds is 5. The van der Waals surface area contributed by atoms with Crippen LogP contribution >= 0.6 is 12.2 Å². The highest BCUT2D eigenvalue weighted by Gasteiger charge is 2.29. The molecular weight excluding hydrogens is 308 g/mol. The molecule has 1 aromatic carbocycles. The fourth-order valence-electron chi connectivity index (χ4n) is 2.65. The molecule has 0 bridgehead atoms. The molecule has 1 aromatic rings. The Morgan fingerprint density at radius 2 is 2.09 bits per heavy atom. The van der Waals surface area contributed by atoms with Crippen LogP contribution < -0.4 is 10.1 Å². The van der Waals surface area contributed by atoms with Crippen molar-refractivity contribution in [1.29, 1.82) is 0 Å². The van der Waals surface area contributed by atoms with Gasteiger partial charge in [0.05, 0.1) is 7.11 Å². The number of ether oxygens (including phenoxy) is 1. The zero-order valence-corrected chi connectivity index (χ0v) is 15.2. The number of benzene rings is 1. The summed E-state index contributed by atoms with van der Waals surface area (Å²) in [5.74, 6) is 1.17. The molecule has 0 aliphatic carbocycles. The molecule has 0 atom stereocenters. The molecule has 1 saturated heterocycles. The fourth-order valence-corrected chi connectivity index (χ4v) is 2.94. The third-order valence-corrected chi connectivity index (χ3v) is 4.27. The van der Waals surface area contributed by atoms with Crippen LogP contribution in [0.15, 0.2) is 17.8 Å². The summed E-state index contributed by atoms with van der Waals surface area (Å²) in [6.45, 7) is 8.93. The van der Waals surface area contributed by atoms with Crippen molar-refractivity contribution in [3.8, 4) is 5.75 Å². The predicted molar refractivity (Wildman–Crippen MR) is 97.5 cm³/mol. The maximum absolute atomic E-state index is 12.4. The van der Waals surface area contributed by atoms with E-state index in [4.69, 9.17) is 17.0 Å². The summed E-state index contributed by atoms with van der Waals surface area (Å²) in [4.78, 5) is 14.1. The minimum atomic E-state index is -0.0573. The maximum Gasteiger partial charge on any atom is 0.276 e. The quantitative estimate of drug-likeness (QED) is 0.661. The topological polar surface area (TPSA) is 41.6 Å². The second-order valence-electron chi connectivity index (χ2n) is 6.05. The first-order valence-electron chi connectivity index (χ1n) is 7.92. The molecule has 2 rings (SSSR count). The molecule has 0 unspecified atom stereocenters. The first-order chi connectivity index (χ1) is 10.9. The molecule has 1 aliphatic heterocycles. The van der Waals surface area contributed by atoms with Gasteiger partial charge in [0.15, 0.2) is 5.11 Å². The lowest BCUT2D eigenvalue weighted by molar-refractivity contribution is -0.122. The van der Waals surface area contributed by atoms with Crippen LogP contribution in [0.4, 0.5) is 0 Å². The lowest BCUT2D eigenvalue weighted by atomic mass is 9.96. The summed E-state index contributed by atoms with van der Waals surface area (Å²) in [5.41, 5.74) is 3.73. The number of hydrogen-bond acceptors (Lipinski definition) is 3. The van der Waals surface area contributed by atoms with Crippen LogP contribution in [-0.4, -0.2) is 29.6 Å². The third kappa shape index (κ3) is 3.55. The van der Waals surface area contributed by atoms with E-state index in [1.165, 1.54) is 0 Å². The van der Waals surface area contributed by atoms with E-state index in [-0.39, 0.29) is 5.91 Å². The number of aryl methyl sites for hydroxylation is 1. The molecule has 23 heavy (non-hydrogen) atoms. The Kier molecular flexibility index (Phi) is 5.42. The normalized spacial score (nSPS) is 16.4. The summed E-state index contributed by atoms with van der Waals surface area (Å²) in [5, 5.41) is 3.51. The van der Waals surface area contributed by atoms with E-state index in [0.717, 1.165) is 28.9 Å². The second-order valence-corrected chi connectivity index (χ2v) is 6.44. The summed E-state index contributed by atoms with van der Waals surface area (Å²) in [6.07, 6.45) is 2.75. The standard InChI is InChI=1S/C18H24N2O2S/c1-6-7-20-17(21)15(19-18(20)23)10-13-9-14(11(2)3)16(22-5)8-12(13)4/h8-11H,6-7H2,1-5H3,(H,19,23)/b15-10-. The fraction of sp³-hybridized carbons (Fsp3) is 0.444. The van der Waals surface area contributed by atoms with Crippen molar-refractivity contribution in [3.05, 3.63) is 34.5 Å². The first-order valence-corrected chi connectivity index (χ1v) is 8.32. The van der Waals surface area contributed by atoms with Crippen molar-refractivity contribution >= 4 is 29.3 Å². The molecule has 124 valence electrons. The van der Waals surface area contributed by atoms with Gasteiger partial charge in [-0.2, -0.15) is 0 Å². The summed E-state index contributed by atoms with van der Waals surface area (Å²) < 4.78 is 5.47. The van der Waals surface area contributed by atoms with Crippen LogP contribution in [0.3, 0.4) is 0 Å². The number of hydrogen-bond donors (Lipinski definition) is 1. The minimum Gasteiger partial charge on any atom is -0.496 e. The largest absolute Gasteiger partial charge is 0.496 e. The Morgan fingerprint density at radius 1 is 1.39 bits per heavy atom. The summed E-state index contributed by atoms with van der Waals surface area (Å²) >= 11 is 5.25. The van der Waals surface area contributed by atoms with Crippen molar-refractivity contribution in [2.24, 2.45) is 0 Å². The highest BCUT2D eigenvalue weighted by atomic mass is 32.1. The van der Waals surface area contributed by atoms with Crippen LogP contribution in [0, 0.1) is 6.92 Å². The van der Waals surface area contributed by atoms with Gasteiger partial charge in [-0.15, -0.1) is 0 Å². The molecule has 1 fully saturated rings. The minimum absolute atomic E-state index is 0.0573. The van der Waals surface area contributed by atoms with E-state index in [9.17, 15) is 4.79 Å². The summed E-state index contributed by atoms with van der Waals surface area (Å²) in [6, 6.07) is 4.11. The van der Waals surface area contributed by atoms with Crippen molar-refractivity contribution in [2.75, 3.05) is 13.7 Å². The van der Waals surface area contributed by atoms with Crippen LogP contribution in [0.1, 0.15) is 49.8 Å². The number of carbonyl (C=O) groups is 1. The molecule has 1 heterocycles. The van der Waals surface area contributed by atoms with Gasteiger partial charge in [0.1, 0.15) is 11.4 Å². The second kappa shape index (κ2) is 7.13. The van der Waals surface area contributed by atoms with E-state index in [0.29, 0.717) is 23.3 Å². The lowest BCUT2D eigenvalue weighted by Crippen LogP contribution is -2.31. The number of nitrogens with zero attached hydrogens (tertiary/aromatic N) is 1. The van der Waals surface area contributed by atoms with E-state index < -0.39 is 0 Å². The van der Waals surface area contributed by atoms with Gasteiger partial charge in [0.2, 0.25) is 0 Å². The average Bonchev–Trinajstić information content (AvgIpc) is 2.76. The predicted octanol–water partition coefficient (Wildman–Crippen LogP) is 3.59. The Labute approximate surface area is 143 Å². The molecule has 1 aliphatic rings. The molecular formula is C18H24N2O2S. The van der Waals surface area contributed by atoms with Crippen LogP contribution in [0.5, 0.6) is 5.75 Å². The molecule has 0 spiro atoms. The van der Waals surface area contributed by atoms with Gasteiger partial charge in [0.25, 0.3) is 5.91 Å². The van der Waals surface area contributed by atoms with Gasteiger partial charge in [-0.3, -0.25) is 9.69 Å². The maximum atomic E-state index is 12.4. The molecule has 1 N–H and O–H groups in total. The molecule has 0 saturated carbocycles. The highest BCUT2D eigenvalue weighted by Crippen LogP contribution is 2.30. The van der Waals surface area contributed by atoms with Gasteiger partial charge in [-0.05, 0) is 66.4 Å². The number of thiocarbonyl (C=S) groups is 1. The monoisotopic (exact) mass is 332 g/mol. The van der Waals surface area contributed by atoms with E-state index in [2.05, 4.69) is 25.2 Å². The number of carbonyl (C=O) groups excluding carboxylic acids is 1. The number of nitrogens with one attached hydrogen (secondary N) is 1. The van der Waals surface area contributed by atoms with Gasteiger partial charge in [-0.25, -0.2) is 0 Å². The lowest BCUT2D eigenvalue weighted by Gasteiger charge is -2.15. The third-order valence-electron chi connectivity index (χ3n) is 3.95. The molecule has 1 amide bonds. The van der Waals surface area contributed by atoms with Gasteiger partial charge >= 0.3 is 0 Å². The molecule has 4 nitrogen and oxygen atoms in total. The Balaban J connectivity index is 2.41. The van der Waals surface area contributed by atoms with Gasteiger partial charge in [0, 0.05) is 6.54 Å². The Bertz CT molecular complexity index is 665. The number of amides is 1. The van der Waals surface area contributed by atoms with Crippen molar-refractivity contribution < 1.29 is 9.53 Å². The molecule has 0 radical (unpaired) electrons. The first kappa shape index (κ1) is 17.5. The van der Waals surface area contributed by atoms with Crippen molar-refractivity contribution in [2.45, 2.75) is 40.0 Å². The average molecular weight is 332 g/mol. The van der Waals surface area contributed by atoms with Crippen LogP contribution in [0.2, 0.25) is 0 Å². The summed E-state index contributed by atoms with van der Waals surface area (Å²) in [7, 11) is 1.68. The molecule has 0 aromatic heterocycles. The Hall–Kier alpha value is -1.88. The van der Waals surface area contributed by atoms with Crippen molar-refractivity contribution in [1.82, 2.24) is 10.2 Å². The van der Waals surface area contributed by atoms with E-state index in [1.807, 2.05) is 26.0 Å². The number of methoxy groups -OCH3 is 1.